The quantitative estimate of drug-likeness (QED) is 0.759. The molecule has 4 fully saturated rings. The zero-order valence-electron chi connectivity index (χ0n) is 14.3. The molecule has 1 atom stereocenters. The van der Waals surface area contributed by atoms with Crippen molar-refractivity contribution in [3.63, 3.8) is 0 Å². The second-order valence-corrected chi connectivity index (χ2v) is 8.83. The van der Waals surface area contributed by atoms with E-state index in [1.807, 2.05) is 30.3 Å². The Labute approximate surface area is 149 Å². The van der Waals surface area contributed by atoms with Crippen LogP contribution in [0.15, 0.2) is 30.3 Å². The third-order valence-corrected chi connectivity index (χ3v) is 6.87. The van der Waals surface area contributed by atoms with Crippen molar-refractivity contribution in [1.29, 1.82) is 0 Å². The smallest absolute Gasteiger partial charge is 0.244 e. The van der Waals surface area contributed by atoms with Gasteiger partial charge in [0, 0.05) is 17.1 Å². The zero-order chi connectivity index (χ0) is 16.7. The number of benzene rings is 1. The van der Waals surface area contributed by atoms with Crippen molar-refractivity contribution in [2.24, 2.45) is 23.2 Å². The molecule has 0 heterocycles. The van der Waals surface area contributed by atoms with Crippen molar-refractivity contribution in [2.45, 2.75) is 51.5 Å². The fraction of sp³-hybridized carbons (Fsp3) is 0.571. The van der Waals surface area contributed by atoms with Gasteiger partial charge in [0.25, 0.3) is 0 Å². The molecular formula is C21H26ClNO. The Morgan fingerprint density at radius 1 is 1.21 bits per heavy atom. The van der Waals surface area contributed by atoms with Gasteiger partial charge in [0.05, 0.1) is 0 Å². The fourth-order valence-corrected chi connectivity index (χ4v) is 6.10. The van der Waals surface area contributed by atoms with Crippen molar-refractivity contribution in [2.75, 3.05) is 0 Å². The summed E-state index contributed by atoms with van der Waals surface area (Å²) >= 11 is 5.99. The van der Waals surface area contributed by atoms with Crippen LogP contribution in [0.25, 0.3) is 6.08 Å². The first-order chi connectivity index (χ1) is 11.5. The van der Waals surface area contributed by atoms with E-state index in [1.54, 1.807) is 6.08 Å². The first-order valence-electron chi connectivity index (χ1n) is 9.26. The molecule has 24 heavy (non-hydrogen) atoms. The van der Waals surface area contributed by atoms with Gasteiger partial charge in [-0.2, -0.15) is 0 Å². The highest BCUT2D eigenvalue weighted by atomic mass is 35.5. The molecule has 4 bridgehead atoms. The summed E-state index contributed by atoms with van der Waals surface area (Å²) in [6.07, 6.45) is 11.8. The van der Waals surface area contributed by atoms with E-state index in [-0.39, 0.29) is 11.9 Å². The number of halogens is 1. The van der Waals surface area contributed by atoms with E-state index in [1.165, 1.54) is 38.5 Å². The molecule has 3 heteroatoms. The molecule has 0 spiro atoms. The first kappa shape index (κ1) is 16.2. The van der Waals surface area contributed by atoms with Crippen molar-refractivity contribution >= 4 is 23.6 Å². The molecular weight excluding hydrogens is 318 g/mol. The topological polar surface area (TPSA) is 29.1 Å². The highest BCUT2D eigenvalue weighted by Gasteiger charge is 2.53. The fourth-order valence-electron chi connectivity index (χ4n) is 5.90. The van der Waals surface area contributed by atoms with E-state index in [0.29, 0.717) is 10.4 Å². The summed E-state index contributed by atoms with van der Waals surface area (Å²) in [6.45, 7) is 2.22. The Balaban J connectivity index is 1.41. The molecule has 128 valence electrons. The van der Waals surface area contributed by atoms with Gasteiger partial charge in [-0.15, -0.1) is 0 Å². The number of hydrogen-bond donors (Lipinski definition) is 1. The Hall–Kier alpha value is -1.28. The summed E-state index contributed by atoms with van der Waals surface area (Å²) < 4.78 is 0. The average Bonchev–Trinajstić information content (AvgIpc) is 2.52. The Kier molecular flexibility index (Phi) is 4.20. The maximum absolute atomic E-state index is 12.4. The summed E-state index contributed by atoms with van der Waals surface area (Å²) in [5, 5.41) is 3.96. The molecule has 1 aromatic rings. The minimum absolute atomic E-state index is 0.0122. The normalized spacial score (nSPS) is 35.3. The predicted octanol–water partition coefficient (Wildman–Crippen LogP) is 5.07. The SMILES string of the molecule is CC(NC(=O)C=Cc1cccc(Cl)c1)C12CC3CC(CC(C3)C1)C2. The van der Waals surface area contributed by atoms with Gasteiger partial charge in [-0.05, 0) is 92.4 Å². The lowest BCUT2D eigenvalue weighted by Gasteiger charge is -2.59. The molecule has 0 aliphatic heterocycles. The molecule has 1 N–H and O–H groups in total. The van der Waals surface area contributed by atoms with Gasteiger partial charge < -0.3 is 5.32 Å². The molecule has 4 saturated carbocycles. The van der Waals surface area contributed by atoms with E-state index < -0.39 is 0 Å². The summed E-state index contributed by atoms with van der Waals surface area (Å²) in [5.41, 5.74) is 1.31. The predicted molar refractivity (Wildman–Crippen MR) is 98.7 cm³/mol. The molecule has 4 aliphatic carbocycles. The Morgan fingerprint density at radius 3 is 2.42 bits per heavy atom. The van der Waals surface area contributed by atoms with Gasteiger partial charge in [0.2, 0.25) is 5.91 Å². The van der Waals surface area contributed by atoms with Gasteiger partial charge in [-0.1, -0.05) is 23.7 Å². The summed E-state index contributed by atoms with van der Waals surface area (Å²) in [7, 11) is 0. The van der Waals surface area contributed by atoms with Gasteiger partial charge in [0.15, 0.2) is 0 Å². The summed E-state index contributed by atoms with van der Waals surface area (Å²) in [6, 6.07) is 7.83. The third-order valence-electron chi connectivity index (χ3n) is 6.64. The lowest BCUT2D eigenvalue weighted by atomic mass is 9.48. The molecule has 4 aliphatic rings. The van der Waals surface area contributed by atoms with Gasteiger partial charge in [-0.25, -0.2) is 0 Å². The van der Waals surface area contributed by atoms with Crippen LogP contribution >= 0.6 is 11.6 Å². The van der Waals surface area contributed by atoms with Crippen LogP contribution in [0.3, 0.4) is 0 Å². The highest BCUT2D eigenvalue weighted by molar-refractivity contribution is 6.30. The summed E-state index contributed by atoms with van der Waals surface area (Å²) in [5.74, 6) is 2.76. The number of carbonyl (C=O) groups excluding carboxylic acids is 1. The van der Waals surface area contributed by atoms with Gasteiger partial charge in [0.1, 0.15) is 0 Å². The van der Waals surface area contributed by atoms with Crippen LogP contribution in [0, 0.1) is 23.2 Å². The second kappa shape index (κ2) is 6.22. The van der Waals surface area contributed by atoms with Crippen LogP contribution < -0.4 is 5.32 Å². The molecule has 0 aromatic heterocycles. The summed E-state index contributed by atoms with van der Waals surface area (Å²) in [4.78, 5) is 12.4. The second-order valence-electron chi connectivity index (χ2n) is 8.40. The van der Waals surface area contributed by atoms with E-state index in [2.05, 4.69) is 12.2 Å². The molecule has 1 amide bonds. The molecule has 0 saturated heterocycles. The lowest BCUT2D eigenvalue weighted by molar-refractivity contribution is -0.121. The lowest BCUT2D eigenvalue weighted by Crippen LogP contribution is -2.55. The molecule has 0 radical (unpaired) electrons. The zero-order valence-corrected chi connectivity index (χ0v) is 15.1. The number of carbonyl (C=O) groups is 1. The van der Waals surface area contributed by atoms with E-state index in [9.17, 15) is 4.79 Å². The number of amides is 1. The molecule has 1 aromatic carbocycles. The maximum Gasteiger partial charge on any atom is 0.244 e. The van der Waals surface area contributed by atoms with Crippen LogP contribution in [0.5, 0.6) is 0 Å². The molecule has 1 unspecified atom stereocenters. The number of rotatable bonds is 4. The minimum Gasteiger partial charge on any atom is -0.350 e. The average molecular weight is 344 g/mol. The van der Waals surface area contributed by atoms with Crippen LogP contribution in [0.1, 0.15) is 51.0 Å². The monoisotopic (exact) mass is 343 g/mol. The van der Waals surface area contributed by atoms with Crippen molar-refractivity contribution in [3.8, 4) is 0 Å². The standard InChI is InChI=1S/C21H26ClNO/c1-14(21-11-16-7-17(12-21)9-18(8-16)13-21)23-20(24)6-5-15-3-2-4-19(22)10-15/h2-6,10,14,16-18H,7-9,11-13H2,1H3,(H,23,24). The largest absolute Gasteiger partial charge is 0.350 e. The van der Waals surface area contributed by atoms with E-state index >= 15 is 0 Å². The Morgan fingerprint density at radius 2 is 1.83 bits per heavy atom. The Bertz CT molecular complexity index is 630. The van der Waals surface area contributed by atoms with Crippen molar-refractivity contribution < 1.29 is 4.79 Å². The number of hydrogen-bond acceptors (Lipinski definition) is 1. The maximum atomic E-state index is 12.4. The van der Waals surface area contributed by atoms with Gasteiger partial charge >= 0.3 is 0 Å². The molecule has 5 rings (SSSR count). The molecule has 2 nitrogen and oxygen atoms in total. The van der Waals surface area contributed by atoms with Crippen molar-refractivity contribution in [3.05, 3.63) is 40.9 Å². The minimum atomic E-state index is 0.0122. The van der Waals surface area contributed by atoms with Crippen LogP contribution in [0.4, 0.5) is 0 Å². The van der Waals surface area contributed by atoms with E-state index in [0.717, 1.165) is 23.3 Å². The highest BCUT2D eigenvalue weighted by Crippen LogP contribution is 2.61. The number of nitrogens with one attached hydrogen (secondary N) is 1. The third kappa shape index (κ3) is 3.13. The van der Waals surface area contributed by atoms with Crippen LogP contribution in [-0.4, -0.2) is 11.9 Å². The van der Waals surface area contributed by atoms with Crippen LogP contribution in [0.2, 0.25) is 5.02 Å². The first-order valence-corrected chi connectivity index (χ1v) is 9.64. The van der Waals surface area contributed by atoms with Crippen molar-refractivity contribution in [1.82, 2.24) is 5.32 Å². The van der Waals surface area contributed by atoms with Gasteiger partial charge in [-0.3, -0.25) is 4.79 Å². The van der Waals surface area contributed by atoms with E-state index in [4.69, 9.17) is 11.6 Å². The van der Waals surface area contributed by atoms with Crippen LogP contribution in [-0.2, 0) is 4.79 Å².